The van der Waals surface area contributed by atoms with Crippen LogP contribution in [0.2, 0.25) is 0 Å². The van der Waals surface area contributed by atoms with Gasteiger partial charge in [0.2, 0.25) is 0 Å². The summed E-state index contributed by atoms with van der Waals surface area (Å²) in [5, 5.41) is 9.40. The number of benzene rings is 2. The Bertz CT molecular complexity index is 984. The van der Waals surface area contributed by atoms with Gasteiger partial charge in [0.05, 0.1) is 17.4 Å². The van der Waals surface area contributed by atoms with E-state index in [4.69, 9.17) is 0 Å². The Kier molecular flexibility index (Phi) is 6.20. The van der Waals surface area contributed by atoms with Crippen LogP contribution in [0.4, 0.5) is 17.1 Å². The van der Waals surface area contributed by atoms with Gasteiger partial charge in [0.1, 0.15) is 5.92 Å². The van der Waals surface area contributed by atoms with Gasteiger partial charge in [-0.15, -0.1) is 0 Å². The lowest BCUT2D eigenvalue weighted by Gasteiger charge is -2.32. The Morgan fingerprint density at radius 1 is 1.11 bits per heavy atom. The van der Waals surface area contributed by atoms with E-state index in [1.54, 1.807) is 0 Å². The van der Waals surface area contributed by atoms with Crippen molar-refractivity contribution in [1.29, 1.82) is 5.26 Å². The predicted molar refractivity (Wildman–Crippen MR) is 117 cm³/mol. The van der Waals surface area contributed by atoms with Gasteiger partial charge < -0.3 is 9.80 Å². The van der Waals surface area contributed by atoms with Gasteiger partial charge in [-0.2, -0.15) is 5.26 Å². The molecule has 0 radical (unpaired) electrons. The Balaban J connectivity index is 2.10. The number of nitriles is 1. The fraction of sp³-hybridized carbons (Fsp3) is 0.240. The smallest absolute Gasteiger partial charge is 0.128 e. The van der Waals surface area contributed by atoms with Crippen molar-refractivity contribution in [3.63, 3.8) is 0 Å². The molecule has 0 fully saturated rings. The second-order valence-corrected chi connectivity index (χ2v) is 6.86. The van der Waals surface area contributed by atoms with Gasteiger partial charge >= 0.3 is 0 Å². The Morgan fingerprint density at radius 2 is 1.89 bits per heavy atom. The average molecular weight is 367 g/mol. The second kappa shape index (κ2) is 8.98. The molecule has 1 aliphatic rings. The molecule has 0 aliphatic heterocycles. The molecule has 0 bridgehead atoms. The zero-order valence-corrected chi connectivity index (χ0v) is 16.7. The summed E-state index contributed by atoms with van der Waals surface area (Å²) >= 11 is 0. The minimum absolute atomic E-state index is 0.399. The topological polar surface area (TPSA) is 30.3 Å². The normalized spacial score (nSPS) is 14.9. The van der Waals surface area contributed by atoms with E-state index in [1.807, 2.05) is 24.3 Å². The molecule has 0 heterocycles. The summed E-state index contributed by atoms with van der Waals surface area (Å²) < 4.78 is 0. The van der Waals surface area contributed by atoms with E-state index in [1.165, 1.54) is 5.56 Å². The number of hydrogen-bond acceptors (Lipinski definition) is 3. The first-order valence-electron chi connectivity index (χ1n) is 9.60. The van der Waals surface area contributed by atoms with Crippen molar-refractivity contribution in [3.05, 3.63) is 78.0 Å². The minimum Gasteiger partial charge on any atom is -0.343 e. The molecule has 0 saturated carbocycles. The lowest BCUT2D eigenvalue weighted by atomic mass is 10.1. The number of hydrogen-bond donors (Lipinski definition) is 0. The SMILES string of the molecule is CCCN(C1=CC(C#N)C#CC=C1)c1cc(C)ccc1N(C)c1ccccc1. The standard InChI is InChI=1S/C25H25N3/c1-4-16-28(23-13-9-8-10-21(18-23)19-26)25-17-20(2)14-15-24(25)27(3)22-11-6-5-7-12-22/h5-7,9,11-15,17-18,21H,4,16H2,1-3H3. The quantitative estimate of drug-likeness (QED) is 0.625. The monoisotopic (exact) mass is 367 g/mol. The molecule has 1 unspecified atom stereocenters. The maximum absolute atomic E-state index is 9.40. The Hall–Kier alpha value is -3.43. The molecule has 3 nitrogen and oxygen atoms in total. The van der Waals surface area contributed by atoms with Crippen molar-refractivity contribution in [2.45, 2.75) is 20.3 Å². The number of aryl methyl sites for hydroxylation is 1. The summed E-state index contributed by atoms with van der Waals surface area (Å²) in [6, 6.07) is 19.1. The zero-order valence-electron chi connectivity index (χ0n) is 16.7. The third kappa shape index (κ3) is 4.27. The zero-order chi connectivity index (χ0) is 19.9. The largest absolute Gasteiger partial charge is 0.343 e. The van der Waals surface area contributed by atoms with Crippen molar-refractivity contribution in [2.75, 3.05) is 23.4 Å². The summed E-state index contributed by atoms with van der Waals surface area (Å²) in [5.74, 6) is 5.53. The second-order valence-electron chi connectivity index (χ2n) is 6.86. The molecule has 2 aromatic carbocycles. The van der Waals surface area contributed by atoms with Gasteiger partial charge in [-0.3, -0.25) is 0 Å². The van der Waals surface area contributed by atoms with Crippen LogP contribution in [-0.4, -0.2) is 13.6 Å². The highest BCUT2D eigenvalue weighted by Gasteiger charge is 2.18. The molecule has 1 aliphatic carbocycles. The fourth-order valence-electron chi connectivity index (χ4n) is 3.32. The molecular weight excluding hydrogens is 342 g/mol. The number of para-hydroxylation sites is 1. The first-order chi connectivity index (χ1) is 13.6. The lowest BCUT2D eigenvalue weighted by Crippen LogP contribution is -2.25. The van der Waals surface area contributed by atoms with Crippen LogP contribution in [0.1, 0.15) is 18.9 Å². The van der Waals surface area contributed by atoms with Crippen LogP contribution < -0.4 is 9.80 Å². The van der Waals surface area contributed by atoms with Crippen LogP contribution >= 0.6 is 0 Å². The lowest BCUT2D eigenvalue weighted by molar-refractivity contribution is 0.852. The highest BCUT2D eigenvalue weighted by atomic mass is 15.2. The molecule has 0 spiro atoms. The average Bonchev–Trinajstić information content (AvgIpc) is 2.98. The molecule has 0 amide bonds. The minimum atomic E-state index is -0.399. The summed E-state index contributed by atoms with van der Waals surface area (Å²) in [6.07, 6.45) is 6.79. The predicted octanol–water partition coefficient (Wildman–Crippen LogP) is 5.58. The fourth-order valence-corrected chi connectivity index (χ4v) is 3.32. The highest BCUT2D eigenvalue weighted by molar-refractivity contribution is 5.79. The molecule has 1 atom stereocenters. The van der Waals surface area contributed by atoms with Crippen LogP contribution in [0, 0.1) is 36.0 Å². The number of anilines is 3. The van der Waals surface area contributed by atoms with E-state index in [0.29, 0.717) is 0 Å². The number of rotatable bonds is 6. The molecule has 2 aromatic rings. The summed E-state index contributed by atoms with van der Waals surface area (Å²) in [5.41, 5.74) is 5.58. The van der Waals surface area contributed by atoms with Gasteiger partial charge in [0.25, 0.3) is 0 Å². The van der Waals surface area contributed by atoms with Crippen LogP contribution in [-0.2, 0) is 0 Å². The van der Waals surface area contributed by atoms with Crippen LogP contribution in [0.3, 0.4) is 0 Å². The van der Waals surface area contributed by atoms with Crippen molar-refractivity contribution >= 4 is 17.1 Å². The maximum Gasteiger partial charge on any atom is 0.128 e. The summed E-state index contributed by atoms with van der Waals surface area (Å²) in [7, 11) is 2.09. The first kappa shape index (κ1) is 19.3. The number of nitrogens with zero attached hydrogens (tertiary/aromatic N) is 3. The molecule has 3 heteroatoms. The molecule has 0 saturated heterocycles. The molecule has 3 rings (SSSR count). The van der Waals surface area contributed by atoms with Gasteiger partial charge in [0, 0.05) is 25.0 Å². The molecule has 140 valence electrons. The van der Waals surface area contributed by atoms with Crippen molar-refractivity contribution in [2.24, 2.45) is 5.92 Å². The Labute approximate surface area is 168 Å². The van der Waals surface area contributed by atoms with E-state index in [2.05, 4.69) is 91.1 Å². The maximum atomic E-state index is 9.40. The molecular formula is C25H25N3. The molecule has 0 aromatic heterocycles. The van der Waals surface area contributed by atoms with E-state index >= 15 is 0 Å². The van der Waals surface area contributed by atoms with Crippen LogP contribution in [0.25, 0.3) is 0 Å². The van der Waals surface area contributed by atoms with Crippen LogP contribution in [0.5, 0.6) is 0 Å². The third-order valence-electron chi connectivity index (χ3n) is 4.74. The third-order valence-corrected chi connectivity index (χ3v) is 4.74. The number of allylic oxidation sites excluding steroid dienone is 3. The van der Waals surface area contributed by atoms with Crippen molar-refractivity contribution in [1.82, 2.24) is 0 Å². The summed E-state index contributed by atoms with van der Waals surface area (Å²) in [6.45, 7) is 5.13. The van der Waals surface area contributed by atoms with E-state index in [-0.39, 0.29) is 0 Å². The van der Waals surface area contributed by atoms with Gasteiger partial charge in [-0.25, -0.2) is 0 Å². The van der Waals surface area contributed by atoms with Crippen molar-refractivity contribution < 1.29 is 0 Å². The van der Waals surface area contributed by atoms with Gasteiger partial charge in [-0.05, 0) is 61.4 Å². The van der Waals surface area contributed by atoms with Crippen LogP contribution in [0.15, 0.2) is 72.5 Å². The first-order valence-corrected chi connectivity index (χ1v) is 9.60. The van der Waals surface area contributed by atoms with Gasteiger partial charge in [-0.1, -0.05) is 43.0 Å². The van der Waals surface area contributed by atoms with E-state index < -0.39 is 5.92 Å². The summed E-state index contributed by atoms with van der Waals surface area (Å²) in [4.78, 5) is 4.49. The van der Waals surface area contributed by atoms with Crippen molar-refractivity contribution in [3.8, 4) is 17.9 Å². The van der Waals surface area contributed by atoms with Gasteiger partial charge in [0.15, 0.2) is 0 Å². The van der Waals surface area contributed by atoms with E-state index in [9.17, 15) is 5.26 Å². The van der Waals surface area contributed by atoms with E-state index in [0.717, 1.165) is 35.7 Å². The Morgan fingerprint density at radius 3 is 2.61 bits per heavy atom. The molecule has 28 heavy (non-hydrogen) atoms. The molecule has 0 N–H and O–H groups in total. The highest BCUT2D eigenvalue weighted by Crippen LogP contribution is 2.36.